The van der Waals surface area contributed by atoms with Gasteiger partial charge in [0.1, 0.15) is 11.6 Å². The zero-order valence-corrected chi connectivity index (χ0v) is 9.83. The number of halogens is 3. The van der Waals surface area contributed by atoms with Crippen molar-refractivity contribution in [1.29, 1.82) is 0 Å². The van der Waals surface area contributed by atoms with Gasteiger partial charge in [-0.1, -0.05) is 0 Å². The molecule has 1 rings (SSSR count). The maximum absolute atomic E-state index is 13.1. The van der Waals surface area contributed by atoms with Crippen LogP contribution in [-0.2, 0) is 14.8 Å². The molecule has 0 radical (unpaired) electrons. The zero-order chi connectivity index (χ0) is 10.9. The largest absolute Gasteiger partial charge is 0.507 e. The summed E-state index contributed by atoms with van der Waals surface area (Å²) in [5, 5.41) is 9.05. The van der Waals surface area contributed by atoms with Gasteiger partial charge in [-0.3, -0.25) is 0 Å². The molecule has 0 saturated carbocycles. The third kappa shape index (κ3) is 3.11. The molecule has 0 unspecified atom stereocenters. The summed E-state index contributed by atoms with van der Waals surface area (Å²) in [7, 11) is 1.16. The summed E-state index contributed by atoms with van der Waals surface area (Å²) >= 11 is 2.93. The first kappa shape index (κ1) is 11.7. The molecule has 1 N–H and O–H groups in total. The highest BCUT2D eigenvalue weighted by Gasteiger charge is 2.13. The van der Waals surface area contributed by atoms with E-state index in [1.54, 1.807) is 0 Å². The van der Waals surface area contributed by atoms with Crippen LogP contribution in [0.3, 0.4) is 0 Å². The summed E-state index contributed by atoms with van der Waals surface area (Å²) in [6.07, 6.45) is 0. The SMILES string of the molecule is O=S(=O)(Cl)Cc1cc(Br)c(O)cc1F. The molecular formula is C7H5BrClFO3S. The molecule has 0 aliphatic heterocycles. The van der Waals surface area contributed by atoms with E-state index in [9.17, 15) is 12.8 Å². The second-order valence-corrected chi connectivity index (χ2v) is 6.21. The van der Waals surface area contributed by atoms with Crippen molar-refractivity contribution in [2.75, 3.05) is 0 Å². The van der Waals surface area contributed by atoms with Crippen molar-refractivity contribution < 1.29 is 17.9 Å². The molecule has 1 aromatic carbocycles. The van der Waals surface area contributed by atoms with E-state index in [-0.39, 0.29) is 15.8 Å². The first-order valence-electron chi connectivity index (χ1n) is 3.39. The van der Waals surface area contributed by atoms with E-state index in [4.69, 9.17) is 15.8 Å². The van der Waals surface area contributed by atoms with Crippen LogP contribution in [0, 0.1) is 5.82 Å². The van der Waals surface area contributed by atoms with Gasteiger partial charge < -0.3 is 5.11 Å². The molecule has 3 nitrogen and oxygen atoms in total. The Morgan fingerprint density at radius 3 is 2.57 bits per heavy atom. The van der Waals surface area contributed by atoms with Crippen molar-refractivity contribution in [2.45, 2.75) is 5.75 Å². The molecule has 0 aliphatic rings. The molecule has 0 aliphatic carbocycles. The van der Waals surface area contributed by atoms with Crippen LogP contribution in [0.25, 0.3) is 0 Å². The summed E-state index contributed by atoms with van der Waals surface area (Å²) in [5.41, 5.74) is -0.0929. The number of phenolic OH excluding ortho intramolecular Hbond substituents is 1. The minimum Gasteiger partial charge on any atom is -0.507 e. The fourth-order valence-corrected chi connectivity index (χ4v) is 2.21. The quantitative estimate of drug-likeness (QED) is 0.853. The Hall–Kier alpha value is -0.330. The molecular weight excluding hydrogens is 298 g/mol. The van der Waals surface area contributed by atoms with Gasteiger partial charge in [-0.15, -0.1) is 0 Å². The van der Waals surface area contributed by atoms with Gasteiger partial charge in [0.25, 0.3) is 0 Å². The predicted molar refractivity (Wildman–Crippen MR) is 54.2 cm³/mol. The lowest BCUT2D eigenvalue weighted by atomic mass is 10.2. The molecule has 0 atom stereocenters. The maximum Gasteiger partial charge on any atom is 0.236 e. The van der Waals surface area contributed by atoms with Gasteiger partial charge in [0.15, 0.2) is 0 Å². The Kier molecular flexibility index (Phi) is 3.39. The van der Waals surface area contributed by atoms with E-state index in [2.05, 4.69) is 15.9 Å². The van der Waals surface area contributed by atoms with Gasteiger partial charge in [-0.2, -0.15) is 0 Å². The normalized spacial score (nSPS) is 11.6. The molecule has 14 heavy (non-hydrogen) atoms. The van der Waals surface area contributed by atoms with E-state index in [0.717, 1.165) is 6.07 Å². The summed E-state index contributed by atoms with van der Waals surface area (Å²) in [5.74, 6) is -1.72. The van der Waals surface area contributed by atoms with Crippen LogP contribution >= 0.6 is 26.6 Å². The minimum absolute atomic E-state index is 0.0929. The Balaban J connectivity index is 3.17. The Morgan fingerprint density at radius 2 is 2.07 bits per heavy atom. The average molecular weight is 304 g/mol. The molecule has 0 saturated heterocycles. The van der Waals surface area contributed by atoms with Crippen LogP contribution in [0.4, 0.5) is 4.39 Å². The van der Waals surface area contributed by atoms with Crippen LogP contribution in [-0.4, -0.2) is 13.5 Å². The second kappa shape index (κ2) is 4.04. The van der Waals surface area contributed by atoms with Gasteiger partial charge in [0, 0.05) is 22.3 Å². The Morgan fingerprint density at radius 1 is 1.50 bits per heavy atom. The van der Waals surface area contributed by atoms with Gasteiger partial charge in [-0.05, 0) is 22.0 Å². The van der Waals surface area contributed by atoms with Crippen LogP contribution in [0.15, 0.2) is 16.6 Å². The molecule has 78 valence electrons. The van der Waals surface area contributed by atoms with Crippen molar-refractivity contribution in [3.05, 3.63) is 28.0 Å². The highest BCUT2D eigenvalue weighted by Crippen LogP contribution is 2.28. The molecule has 0 amide bonds. The van der Waals surface area contributed by atoms with Gasteiger partial charge in [-0.25, -0.2) is 12.8 Å². The second-order valence-electron chi connectivity index (χ2n) is 2.58. The van der Waals surface area contributed by atoms with Gasteiger partial charge in [0.2, 0.25) is 9.05 Å². The predicted octanol–water partition coefficient (Wildman–Crippen LogP) is 2.36. The van der Waals surface area contributed by atoms with Crippen LogP contribution in [0.2, 0.25) is 0 Å². The lowest BCUT2D eigenvalue weighted by Crippen LogP contribution is -1.98. The molecule has 0 aromatic heterocycles. The minimum atomic E-state index is -3.80. The van der Waals surface area contributed by atoms with Crippen molar-refractivity contribution in [3.63, 3.8) is 0 Å². The van der Waals surface area contributed by atoms with Crippen molar-refractivity contribution >= 4 is 35.7 Å². The highest BCUT2D eigenvalue weighted by molar-refractivity contribution is 9.10. The van der Waals surface area contributed by atoms with Gasteiger partial charge in [0.05, 0.1) is 10.2 Å². The smallest absolute Gasteiger partial charge is 0.236 e. The van der Waals surface area contributed by atoms with E-state index in [1.807, 2.05) is 0 Å². The third-order valence-electron chi connectivity index (χ3n) is 1.44. The maximum atomic E-state index is 13.1. The van der Waals surface area contributed by atoms with Crippen molar-refractivity contribution in [2.24, 2.45) is 0 Å². The number of aromatic hydroxyl groups is 1. The first-order chi connectivity index (χ1) is 6.29. The van der Waals surface area contributed by atoms with Crippen LogP contribution in [0.5, 0.6) is 5.75 Å². The van der Waals surface area contributed by atoms with Crippen LogP contribution in [0.1, 0.15) is 5.56 Å². The topological polar surface area (TPSA) is 54.4 Å². The zero-order valence-electron chi connectivity index (χ0n) is 6.67. The van der Waals surface area contributed by atoms with E-state index in [1.165, 1.54) is 6.07 Å². The Labute approximate surface area is 93.1 Å². The molecule has 0 fully saturated rings. The van der Waals surface area contributed by atoms with E-state index >= 15 is 0 Å². The van der Waals surface area contributed by atoms with Gasteiger partial charge >= 0.3 is 0 Å². The number of benzene rings is 1. The highest BCUT2D eigenvalue weighted by atomic mass is 79.9. The van der Waals surface area contributed by atoms with Crippen molar-refractivity contribution in [1.82, 2.24) is 0 Å². The number of rotatable bonds is 2. The van der Waals surface area contributed by atoms with Crippen molar-refractivity contribution in [3.8, 4) is 5.75 Å². The standard InChI is InChI=1S/C7H5BrClFO3S/c8-5-1-4(3-14(9,12)13)6(10)2-7(5)11/h1-2,11H,3H2. The number of phenols is 1. The lowest BCUT2D eigenvalue weighted by Gasteiger charge is -2.03. The molecule has 0 bridgehead atoms. The first-order valence-corrected chi connectivity index (χ1v) is 6.66. The Bertz CT molecular complexity index is 460. The molecule has 0 spiro atoms. The lowest BCUT2D eigenvalue weighted by molar-refractivity contribution is 0.464. The molecule has 0 heterocycles. The van der Waals surface area contributed by atoms with Crippen LogP contribution < -0.4 is 0 Å². The molecule has 7 heteroatoms. The summed E-state index contributed by atoms with van der Waals surface area (Å²) < 4.78 is 34.6. The summed E-state index contributed by atoms with van der Waals surface area (Å²) in [4.78, 5) is 0. The fourth-order valence-electron chi connectivity index (χ4n) is 0.874. The third-order valence-corrected chi connectivity index (χ3v) is 3.06. The number of hydrogen-bond donors (Lipinski definition) is 1. The number of hydrogen-bond acceptors (Lipinski definition) is 3. The monoisotopic (exact) mass is 302 g/mol. The van der Waals surface area contributed by atoms with E-state index in [0.29, 0.717) is 0 Å². The molecule has 1 aromatic rings. The summed E-state index contributed by atoms with van der Waals surface area (Å²) in [6, 6.07) is 1.99. The fraction of sp³-hybridized carbons (Fsp3) is 0.143. The summed E-state index contributed by atoms with van der Waals surface area (Å²) in [6.45, 7) is 0. The average Bonchev–Trinajstić information content (AvgIpc) is 1.97. The van der Waals surface area contributed by atoms with E-state index < -0.39 is 20.6 Å².